The van der Waals surface area contributed by atoms with E-state index in [0.29, 0.717) is 31.1 Å². The Morgan fingerprint density at radius 3 is 2.73 bits per heavy atom. The lowest BCUT2D eigenvalue weighted by molar-refractivity contribution is -0.111. The van der Waals surface area contributed by atoms with Gasteiger partial charge in [-0.05, 0) is 50.1 Å². The Morgan fingerprint density at radius 1 is 1.18 bits per heavy atom. The number of amides is 1. The van der Waals surface area contributed by atoms with Gasteiger partial charge in [-0.3, -0.25) is 4.79 Å². The third-order valence-corrected chi connectivity index (χ3v) is 7.90. The number of aromatic nitrogens is 1. The van der Waals surface area contributed by atoms with Crippen LogP contribution in [0.15, 0.2) is 64.9 Å². The Morgan fingerprint density at radius 2 is 1.97 bits per heavy atom. The first-order chi connectivity index (χ1) is 15.9. The predicted molar refractivity (Wildman–Crippen MR) is 130 cm³/mol. The molecule has 1 N–H and O–H groups in total. The van der Waals surface area contributed by atoms with Crippen LogP contribution < -0.4 is 10.1 Å². The average molecular weight is 484 g/mol. The zero-order valence-corrected chi connectivity index (χ0v) is 19.9. The van der Waals surface area contributed by atoms with Crippen molar-refractivity contribution in [1.82, 2.24) is 9.29 Å². The summed E-state index contributed by atoms with van der Waals surface area (Å²) in [5.41, 5.74) is 2.04. The van der Waals surface area contributed by atoms with Gasteiger partial charge in [-0.25, -0.2) is 13.4 Å². The number of nitrogens with one attached hydrogen (secondary N) is 1. The molecular formula is C24H25N3O4S2. The fraction of sp³-hybridized carbons (Fsp3) is 0.250. The Hall–Kier alpha value is -3.01. The molecule has 1 fully saturated rings. The van der Waals surface area contributed by atoms with Crippen LogP contribution in [0.25, 0.3) is 6.08 Å². The van der Waals surface area contributed by atoms with Crippen LogP contribution in [0.5, 0.6) is 5.75 Å². The van der Waals surface area contributed by atoms with Crippen LogP contribution in [0.3, 0.4) is 0 Å². The number of thiazole rings is 1. The number of hydrogen-bond acceptors (Lipinski definition) is 6. The van der Waals surface area contributed by atoms with Gasteiger partial charge >= 0.3 is 0 Å². The Labute approximate surface area is 197 Å². The van der Waals surface area contributed by atoms with Gasteiger partial charge in [-0.1, -0.05) is 24.3 Å². The molecule has 4 rings (SSSR count). The molecule has 9 heteroatoms. The summed E-state index contributed by atoms with van der Waals surface area (Å²) in [6, 6.07) is 13.8. The lowest BCUT2D eigenvalue weighted by atomic mass is 10.2. The Balaban J connectivity index is 1.42. The van der Waals surface area contributed by atoms with Crippen molar-refractivity contribution in [3.63, 3.8) is 0 Å². The summed E-state index contributed by atoms with van der Waals surface area (Å²) in [5.74, 6) is 0.279. The van der Waals surface area contributed by atoms with Crippen molar-refractivity contribution in [1.29, 1.82) is 0 Å². The number of ether oxygens (including phenoxy) is 1. The van der Waals surface area contributed by atoms with E-state index in [1.807, 2.05) is 36.6 Å². The smallest absolute Gasteiger partial charge is 0.248 e. The molecule has 0 bridgehead atoms. The maximum absolute atomic E-state index is 12.8. The second kappa shape index (κ2) is 10.3. The molecule has 0 radical (unpaired) electrons. The van der Waals surface area contributed by atoms with Gasteiger partial charge in [-0.2, -0.15) is 4.31 Å². The predicted octanol–water partition coefficient (Wildman–Crippen LogP) is 4.47. The SMILES string of the molecule is Cc1nc(COc2ccccc2/C=C/C(=O)Nc2cccc(S(=O)(=O)N3CCCC3)c2)cs1. The monoisotopic (exact) mass is 483 g/mol. The zero-order valence-electron chi connectivity index (χ0n) is 18.2. The zero-order chi connectivity index (χ0) is 23.3. The van der Waals surface area contributed by atoms with Gasteiger partial charge in [-0.15, -0.1) is 11.3 Å². The highest BCUT2D eigenvalue weighted by Gasteiger charge is 2.27. The summed E-state index contributed by atoms with van der Waals surface area (Å²) in [6.45, 7) is 3.36. The molecule has 1 aliphatic rings. The van der Waals surface area contributed by atoms with E-state index in [9.17, 15) is 13.2 Å². The van der Waals surface area contributed by atoms with Gasteiger partial charge in [0, 0.05) is 35.8 Å². The molecule has 1 aliphatic heterocycles. The lowest BCUT2D eigenvalue weighted by Crippen LogP contribution is -2.27. The first-order valence-electron chi connectivity index (χ1n) is 10.6. The minimum absolute atomic E-state index is 0.183. The van der Waals surface area contributed by atoms with Gasteiger partial charge in [0.15, 0.2) is 0 Å². The number of carbonyl (C=O) groups excluding carboxylic acids is 1. The summed E-state index contributed by atoms with van der Waals surface area (Å²) in [4.78, 5) is 17.1. The third-order valence-electron chi connectivity index (χ3n) is 5.18. The van der Waals surface area contributed by atoms with E-state index < -0.39 is 10.0 Å². The van der Waals surface area contributed by atoms with E-state index in [2.05, 4.69) is 10.3 Å². The number of hydrogen-bond donors (Lipinski definition) is 1. The first-order valence-corrected chi connectivity index (χ1v) is 13.0. The van der Waals surface area contributed by atoms with Gasteiger partial charge in [0.25, 0.3) is 0 Å². The maximum Gasteiger partial charge on any atom is 0.248 e. The normalized spacial score (nSPS) is 14.6. The van der Waals surface area contributed by atoms with Gasteiger partial charge < -0.3 is 10.1 Å². The summed E-state index contributed by atoms with van der Waals surface area (Å²) >= 11 is 1.57. The van der Waals surface area contributed by atoms with Crippen LogP contribution in [0, 0.1) is 6.92 Å². The molecule has 0 spiro atoms. The molecular weight excluding hydrogens is 458 g/mol. The van der Waals surface area contributed by atoms with Crippen LogP contribution >= 0.6 is 11.3 Å². The van der Waals surface area contributed by atoms with Crippen LogP contribution in [-0.2, 0) is 21.4 Å². The highest BCUT2D eigenvalue weighted by molar-refractivity contribution is 7.89. The minimum Gasteiger partial charge on any atom is -0.487 e. The second-order valence-electron chi connectivity index (χ2n) is 7.65. The number of rotatable bonds is 8. The number of aryl methyl sites for hydroxylation is 1. The van der Waals surface area contributed by atoms with E-state index in [1.165, 1.54) is 16.4 Å². The molecule has 1 amide bonds. The van der Waals surface area contributed by atoms with E-state index in [-0.39, 0.29) is 10.8 Å². The standard InChI is InChI=1S/C24H25N3O4S2/c1-18-25-21(17-32-18)16-31-23-10-3-2-7-19(23)11-12-24(28)26-20-8-6-9-22(15-20)33(29,30)27-13-4-5-14-27/h2-3,6-12,15,17H,4-5,13-14,16H2,1H3,(H,26,28)/b12-11+. The van der Waals surface area contributed by atoms with Crippen molar-refractivity contribution in [2.75, 3.05) is 18.4 Å². The summed E-state index contributed by atoms with van der Waals surface area (Å²) in [5, 5.41) is 5.68. The quantitative estimate of drug-likeness (QED) is 0.478. The fourth-order valence-corrected chi connectivity index (χ4v) is 5.70. The fourth-order valence-electron chi connectivity index (χ4n) is 3.54. The Kier molecular flexibility index (Phi) is 7.22. The molecule has 2 aromatic carbocycles. The first kappa shape index (κ1) is 23.2. The molecule has 0 aliphatic carbocycles. The van der Waals surface area contributed by atoms with E-state index in [0.717, 1.165) is 29.1 Å². The Bertz CT molecular complexity index is 1260. The van der Waals surface area contributed by atoms with Crippen LogP contribution in [0.1, 0.15) is 29.1 Å². The summed E-state index contributed by atoms with van der Waals surface area (Å²) in [6.07, 6.45) is 4.81. The number of benzene rings is 2. The molecule has 3 aromatic rings. The maximum atomic E-state index is 12.8. The van der Waals surface area contributed by atoms with Gasteiger partial charge in [0.1, 0.15) is 12.4 Å². The van der Waals surface area contributed by atoms with Gasteiger partial charge in [0.05, 0.1) is 15.6 Å². The summed E-state index contributed by atoms with van der Waals surface area (Å²) < 4.78 is 32.9. The molecule has 1 aromatic heterocycles. The number of sulfonamides is 1. The van der Waals surface area contributed by atoms with Crippen LogP contribution in [0.2, 0.25) is 0 Å². The van der Waals surface area contributed by atoms with Crippen molar-refractivity contribution >= 4 is 39.0 Å². The molecule has 7 nitrogen and oxygen atoms in total. The molecule has 1 saturated heterocycles. The van der Waals surface area contributed by atoms with Crippen LogP contribution in [0.4, 0.5) is 5.69 Å². The molecule has 2 heterocycles. The molecule has 33 heavy (non-hydrogen) atoms. The lowest BCUT2D eigenvalue weighted by Gasteiger charge is -2.16. The highest BCUT2D eigenvalue weighted by Crippen LogP contribution is 2.24. The third kappa shape index (κ3) is 5.87. The van der Waals surface area contributed by atoms with E-state index >= 15 is 0 Å². The van der Waals surface area contributed by atoms with Crippen molar-refractivity contribution < 1.29 is 17.9 Å². The molecule has 172 valence electrons. The highest BCUT2D eigenvalue weighted by atomic mass is 32.2. The average Bonchev–Trinajstić information content (AvgIpc) is 3.49. The van der Waals surface area contributed by atoms with Crippen molar-refractivity contribution in [3.05, 3.63) is 76.3 Å². The minimum atomic E-state index is -3.54. The van der Waals surface area contributed by atoms with Gasteiger partial charge in [0.2, 0.25) is 15.9 Å². The van der Waals surface area contributed by atoms with Crippen molar-refractivity contribution in [2.24, 2.45) is 0 Å². The van der Waals surface area contributed by atoms with Crippen molar-refractivity contribution in [2.45, 2.75) is 31.3 Å². The number of para-hydroxylation sites is 1. The molecule has 0 atom stereocenters. The van der Waals surface area contributed by atoms with E-state index in [4.69, 9.17) is 4.74 Å². The van der Waals surface area contributed by atoms with E-state index in [1.54, 1.807) is 35.6 Å². The topological polar surface area (TPSA) is 88.6 Å². The number of anilines is 1. The summed E-state index contributed by atoms with van der Waals surface area (Å²) in [7, 11) is -3.54. The largest absolute Gasteiger partial charge is 0.487 e. The number of nitrogens with zero attached hydrogens (tertiary/aromatic N) is 2. The van der Waals surface area contributed by atoms with Crippen LogP contribution in [-0.4, -0.2) is 36.7 Å². The molecule has 0 unspecified atom stereocenters. The number of carbonyl (C=O) groups is 1. The molecule has 0 saturated carbocycles. The van der Waals surface area contributed by atoms with Crippen molar-refractivity contribution in [3.8, 4) is 5.75 Å². The second-order valence-corrected chi connectivity index (χ2v) is 10.6.